The molecule has 3 aliphatic rings. The van der Waals surface area contributed by atoms with Crippen LogP contribution in [-0.2, 0) is 14.2 Å². The van der Waals surface area contributed by atoms with Gasteiger partial charge in [0.1, 0.15) is 18.3 Å². The van der Waals surface area contributed by atoms with Gasteiger partial charge in [0.25, 0.3) is 0 Å². The zero-order valence-corrected chi connectivity index (χ0v) is 13.3. The molecule has 0 aliphatic carbocycles. The van der Waals surface area contributed by atoms with Gasteiger partial charge in [0.05, 0.1) is 30.5 Å². The summed E-state index contributed by atoms with van der Waals surface area (Å²) in [7, 11) is 0. The van der Waals surface area contributed by atoms with Gasteiger partial charge in [-0.3, -0.25) is 0 Å². The molecule has 23 heavy (non-hydrogen) atoms. The van der Waals surface area contributed by atoms with E-state index in [9.17, 15) is 10.2 Å². The lowest BCUT2D eigenvalue weighted by molar-refractivity contribution is -0.203. The van der Waals surface area contributed by atoms with Crippen LogP contribution < -0.4 is 0 Å². The molecule has 0 spiro atoms. The number of rotatable bonds is 2. The molecule has 3 aliphatic heterocycles. The summed E-state index contributed by atoms with van der Waals surface area (Å²) in [5, 5.41) is 20.2. The summed E-state index contributed by atoms with van der Waals surface area (Å²) < 4.78 is 18.2. The highest BCUT2D eigenvalue weighted by atomic mass is 16.6. The van der Waals surface area contributed by atoms with Crippen molar-refractivity contribution in [3.8, 4) is 0 Å². The molecule has 0 bridgehead atoms. The van der Waals surface area contributed by atoms with Gasteiger partial charge in [-0.05, 0) is 19.3 Å². The van der Waals surface area contributed by atoms with Crippen LogP contribution in [0.2, 0.25) is 0 Å². The second kappa shape index (κ2) is 7.28. The van der Waals surface area contributed by atoms with E-state index < -0.39 is 18.3 Å². The van der Waals surface area contributed by atoms with Gasteiger partial charge in [0.2, 0.25) is 0 Å². The first-order chi connectivity index (χ1) is 11.1. The summed E-state index contributed by atoms with van der Waals surface area (Å²) >= 11 is 0. The van der Waals surface area contributed by atoms with Crippen LogP contribution in [0, 0.1) is 0 Å². The number of hydrogen-bond acceptors (Lipinski definition) is 5. The highest BCUT2D eigenvalue weighted by Gasteiger charge is 2.43. The average Bonchev–Trinajstić information content (AvgIpc) is 2.69. The molecule has 128 valence electrons. The number of aliphatic hydroxyl groups is 2. The fourth-order valence-electron chi connectivity index (χ4n) is 3.59. The van der Waals surface area contributed by atoms with E-state index in [1.54, 1.807) is 12.2 Å². The van der Waals surface area contributed by atoms with Gasteiger partial charge in [-0.15, -0.1) is 13.2 Å². The van der Waals surface area contributed by atoms with Gasteiger partial charge in [-0.25, -0.2) is 0 Å². The summed E-state index contributed by atoms with van der Waals surface area (Å²) in [6.45, 7) is 7.49. The Hall–Kier alpha value is -0.980. The van der Waals surface area contributed by atoms with Crippen molar-refractivity contribution in [3.63, 3.8) is 0 Å². The number of aliphatic hydroxyl groups excluding tert-OH is 2. The lowest BCUT2D eigenvalue weighted by Crippen LogP contribution is -2.51. The van der Waals surface area contributed by atoms with Crippen molar-refractivity contribution in [1.29, 1.82) is 0 Å². The molecule has 3 rings (SSSR count). The summed E-state index contributed by atoms with van der Waals surface area (Å²) in [5.41, 5.74) is 0. The third kappa shape index (κ3) is 3.59. The Morgan fingerprint density at radius 2 is 1.57 bits per heavy atom. The quantitative estimate of drug-likeness (QED) is 0.754. The molecule has 0 radical (unpaired) electrons. The fourth-order valence-corrected chi connectivity index (χ4v) is 3.59. The van der Waals surface area contributed by atoms with Crippen molar-refractivity contribution in [2.24, 2.45) is 0 Å². The summed E-state index contributed by atoms with van der Waals surface area (Å²) in [6.07, 6.45) is 7.25. The lowest BCUT2D eigenvalue weighted by Gasteiger charge is -2.42. The average molecular weight is 322 g/mol. The molecule has 0 aromatic rings. The molecule has 0 saturated carbocycles. The van der Waals surface area contributed by atoms with Crippen molar-refractivity contribution in [1.82, 2.24) is 0 Å². The predicted octanol–water partition coefficient (Wildman–Crippen LogP) is 1.50. The Labute approximate surface area is 137 Å². The molecular formula is C18H26O5. The zero-order chi connectivity index (χ0) is 16.4. The normalized spacial score (nSPS) is 48.8. The molecule has 2 fully saturated rings. The van der Waals surface area contributed by atoms with E-state index >= 15 is 0 Å². The molecule has 0 unspecified atom stereocenters. The fraction of sp³-hybridized carbons (Fsp3) is 0.667. The first kappa shape index (κ1) is 16.9. The van der Waals surface area contributed by atoms with E-state index in [0.717, 1.165) is 6.42 Å². The van der Waals surface area contributed by atoms with E-state index in [-0.39, 0.29) is 30.5 Å². The van der Waals surface area contributed by atoms with Crippen molar-refractivity contribution < 1.29 is 24.4 Å². The monoisotopic (exact) mass is 322 g/mol. The van der Waals surface area contributed by atoms with Crippen molar-refractivity contribution >= 4 is 0 Å². The minimum absolute atomic E-state index is 0.0596. The maximum Gasteiger partial charge on any atom is 0.102 e. The molecule has 5 heteroatoms. The number of hydrogen-bond donors (Lipinski definition) is 2. The second-order valence-electron chi connectivity index (χ2n) is 6.50. The molecular weight excluding hydrogens is 296 g/mol. The SMILES string of the molecule is C=C[C@@H]1O[C@@H]2C[C@@H]3O[C@H](C=C)[C@@H](O)CC[C@H]3O[C@H]2/C=C\C[C@H]1O. The van der Waals surface area contributed by atoms with Crippen LogP contribution in [0.25, 0.3) is 0 Å². The predicted molar refractivity (Wildman–Crippen MR) is 86.0 cm³/mol. The Kier molecular flexibility index (Phi) is 5.34. The Bertz CT molecular complexity index is 462. The van der Waals surface area contributed by atoms with Crippen LogP contribution in [0.15, 0.2) is 37.5 Å². The standard InChI is InChI=1S/C18H26O5/c1-3-13-11(19)6-5-7-15-17(21-13)10-18-16(23-15)9-8-12(20)14(4-2)22-18/h3-5,7,11-20H,1-2,6,8-10H2/b7-5-/t11-,12+,13+,14-,15+,16-,17-,18+/m1/s1. The largest absolute Gasteiger partial charge is 0.390 e. The molecule has 0 amide bonds. The summed E-state index contributed by atoms with van der Waals surface area (Å²) in [4.78, 5) is 0. The third-order valence-electron chi connectivity index (χ3n) is 4.91. The first-order valence-corrected chi connectivity index (χ1v) is 8.36. The van der Waals surface area contributed by atoms with Crippen molar-refractivity contribution in [2.45, 2.75) is 74.5 Å². The molecule has 2 N–H and O–H groups in total. The minimum Gasteiger partial charge on any atom is -0.390 e. The third-order valence-corrected chi connectivity index (χ3v) is 4.91. The van der Waals surface area contributed by atoms with E-state index in [1.807, 2.05) is 12.2 Å². The molecule has 8 atom stereocenters. The number of fused-ring (bicyclic) bond motifs is 2. The molecule has 0 aromatic carbocycles. The van der Waals surface area contributed by atoms with Crippen LogP contribution in [0.3, 0.4) is 0 Å². The van der Waals surface area contributed by atoms with Crippen LogP contribution in [0.1, 0.15) is 25.7 Å². The van der Waals surface area contributed by atoms with E-state index in [1.165, 1.54) is 0 Å². The lowest BCUT2D eigenvalue weighted by atomic mass is 9.93. The van der Waals surface area contributed by atoms with Crippen LogP contribution >= 0.6 is 0 Å². The zero-order valence-electron chi connectivity index (χ0n) is 13.3. The smallest absolute Gasteiger partial charge is 0.102 e. The van der Waals surface area contributed by atoms with Gasteiger partial charge >= 0.3 is 0 Å². The maximum atomic E-state index is 10.1. The van der Waals surface area contributed by atoms with E-state index in [0.29, 0.717) is 19.3 Å². The molecule has 3 heterocycles. The van der Waals surface area contributed by atoms with E-state index in [4.69, 9.17) is 14.2 Å². The van der Waals surface area contributed by atoms with Gasteiger partial charge < -0.3 is 24.4 Å². The summed E-state index contributed by atoms with van der Waals surface area (Å²) in [5.74, 6) is 0. The Morgan fingerprint density at radius 1 is 0.870 bits per heavy atom. The van der Waals surface area contributed by atoms with Gasteiger partial charge in [0, 0.05) is 6.42 Å². The van der Waals surface area contributed by atoms with E-state index in [2.05, 4.69) is 13.2 Å². The van der Waals surface area contributed by atoms with Crippen LogP contribution in [-0.4, -0.2) is 59.0 Å². The molecule has 0 aromatic heterocycles. The van der Waals surface area contributed by atoms with Crippen molar-refractivity contribution in [2.75, 3.05) is 0 Å². The Balaban J connectivity index is 1.77. The highest BCUT2D eigenvalue weighted by molar-refractivity contribution is 5.05. The van der Waals surface area contributed by atoms with Gasteiger partial charge in [0.15, 0.2) is 0 Å². The van der Waals surface area contributed by atoms with Gasteiger partial charge in [-0.2, -0.15) is 0 Å². The topological polar surface area (TPSA) is 68.2 Å². The minimum atomic E-state index is -0.597. The Morgan fingerprint density at radius 3 is 2.30 bits per heavy atom. The summed E-state index contributed by atoms with van der Waals surface area (Å²) in [6, 6.07) is 0. The van der Waals surface area contributed by atoms with Gasteiger partial charge in [-0.1, -0.05) is 24.3 Å². The maximum absolute atomic E-state index is 10.1. The molecule has 2 saturated heterocycles. The molecule has 5 nitrogen and oxygen atoms in total. The highest BCUT2D eigenvalue weighted by Crippen LogP contribution is 2.34. The van der Waals surface area contributed by atoms with Crippen molar-refractivity contribution in [3.05, 3.63) is 37.5 Å². The van der Waals surface area contributed by atoms with Crippen LogP contribution in [0.4, 0.5) is 0 Å². The second-order valence-corrected chi connectivity index (χ2v) is 6.50. The first-order valence-electron chi connectivity index (χ1n) is 8.36. The number of ether oxygens (including phenoxy) is 3. The van der Waals surface area contributed by atoms with Crippen LogP contribution in [0.5, 0.6) is 0 Å².